The van der Waals surface area contributed by atoms with Gasteiger partial charge in [-0.2, -0.15) is 0 Å². The van der Waals surface area contributed by atoms with E-state index in [9.17, 15) is 33.9 Å². The standard InChI is InChI=1S/C43H57N9O8/c1-27-14-8-10-18-32(27)51-41(58)45-21-13-12-20-34(39(56)50-36(24-37(53)54)40(57)49-35(38(44)55)22-28-15-6-5-7-16-28)52-47-26-30(48-42(59)60-43(2,3)4)23-29-25-46-33-19-11-9-17-31(29)33/h5-11,14-19,25,30,34-36,46-47,52H,12-13,20-24,26H2,1-4H3,(H2,44,55)(H,48,59)(H,49,57)(H,50,56)(H,53,54)(H2,45,51,58)/t30-,34-,35-,36-/m0/s1. The van der Waals surface area contributed by atoms with Crippen LogP contribution in [0.25, 0.3) is 10.9 Å². The maximum Gasteiger partial charge on any atom is 0.407 e. The first-order valence-electron chi connectivity index (χ1n) is 19.9. The average Bonchev–Trinajstić information content (AvgIpc) is 3.59. The Bertz CT molecular complexity index is 2070. The molecule has 0 unspecified atom stereocenters. The van der Waals surface area contributed by atoms with E-state index in [0.29, 0.717) is 30.5 Å². The topological polar surface area (TPSA) is 258 Å². The molecule has 4 atom stereocenters. The van der Waals surface area contributed by atoms with Crippen molar-refractivity contribution in [3.05, 3.63) is 102 Å². The number of para-hydroxylation sites is 2. The van der Waals surface area contributed by atoms with Crippen LogP contribution in [0.4, 0.5) is 15.3 Å². The van der Waals surface area contributed by atoms with E-state index in [4.69, 9.17) is 10.5 Å². The van der Waals surface area contributed by atoms with E-state index < -0.39 is 66.0 Å². The van der Waals surface area contributed by atoms with Crippen LogP contribution in [0.5, 0.6) is 0 Å². The number of alkyl carbamates (subject to hydrolysis) is 1. The highest BCUT2D eigenvalue weighted by molar-refractivity contribution is 5.95. The van der Waals surface area contributed by atoms with Crippen molar-refractivity contribution in [3.8, 4) is 0 Å². The van der Waals surface area contributed by atoms with Gasteiger partial charge in [-0.1, -0.05) is 66.7 Å². The highest BCUT2D eigenvalue weighted by Gasteiger charge is 2.30. The lowest BCUT2D eigenvalue weighted by Crippen LogP contribution is -2.59. The molecule has 3 aromatic carbocycles. The molecular weight excluding hydrogens is 771 g/mol. The van der Waals surface area contributed by atoms with Gasteiger partial charge in [-0.25, -0.2) is 15.0 Å². The number of primary amides is 1. The molecule has 6 amide bonds. The summed E-state index contributed by atoms with van der Waals surface area (Å²) in [5, 5.41) is 24.2. The summed E-state index contributed by atoms with van der Waals surface area (Å²) < 4.78 is 5.53. The number of hydrogen-bond donors (Lipinski definition) is 10. The van der Waals surface area contributed by atoms with Gasteiger partial charge in [-0.15, -0.1) is 0 Å². The number of aromatic nitrogens is 1. The van der Waals surface area contributed by atoms with Gasteiger partial charge >= 0.3 is 18.1 Å². The Hall–Kier alpha value is -6.46. The summed E-state index contributed by atoms with van der Waals surface area (Å²) in [7, 11) is 0. The van der Waals surface area contributed by atoms with Gasteiger partial charge in [-0.3, -0.25) is 24.6 Å². The van der Waals surface area contributed by atoms with E-state index in [0.717, 1.165) is 22.0 Å². The van der Waals surface area contributed by atoms with Crippen LogP contribution in [0, 0.1) is 6.92 Å². The minimum atomic E-state index is -1.56. The number of rotatable bonds is 22. The number of hydrogen-bond acceptors (Lipinski definition) is 9. The summed E-state index contributed by atoms with van der Waals surface area (Å²) in [4.78, 5) is 80.3. The van der Waals surface area contributed by atoms with Gasteiger partial charge in [0.15, 0.2) is 0 Å². The van der Waals surface area contributed by atoms with Gasteiger partial charge < -0.3 is 47.1 Å². The highest BCUT2D eigenvalue weighted by atomic mass is 16.6. The van der Waals surface area contributed by atoms with Crippen molar-refractivity contribution in [1.82, 2.24) is 37.1 Å². The third-order valence-electron chi connectivity index (χ3n) is 9.36. The summed E-state index contributed by atoms with van der Waals surface area (Å²) in [6.45, 7) is 7.54. The fourth-order valence-corrected chi connectivity index (χ4v) is 6.34. The molecule has 0 bridgehead atoms. The molecule has 4 aromatic rings. The van der Waals surface area contributed by atoms with E-state index in [1.807, 2.05) is 55.6 Å². The van der Waals surface area contributed by atoms with E-state index in [-0.39, 0.29) is 32.0 Å². The Morgan fingerprint density at radius 3 is 2.17 bits per heavy atom. The summed E-state index contributed by atoms with van der Waals surface area (Å²) in [6.07, 6.45) is 1.97. The van der Waals surface area contributed by atoms with Crippen LogP contribution in [-0.2, 0) is 36.8 Å². The Balaban J connectivity index is 1.46. The van der Waals surface area contributed by atoms with Gasteiger partial charge in [0.05, 0.1) is 18.5 Å². The zero-order chi connectivity index (χ0) is 43.7. The molecule has 0 aliphatic carbocycles. The molecule has 0 saturated carbocycles. The molecule has 1 aromatic heterocycles. The van der Waals surface area contributed by atoms with Gasteiger partial charge in [0, 0.05) is 42.3 Å². The summed E-state index contributed by atoms with van der Waals surface area (Å²) >= 11 is 0. The van der Waals surface area contributed by atoms with Crippen LogP contribution in [-0.4, -0.2) is 88.8 Å². The van der Waals surface area contributed by atoms with Gasteiger partial charge in [0.25, 0.3) is 0 Å². The van der Waals surface area contributed by atoms with Crippen molar-refractivity contribution in [1.29, 1.82) is 0 Å². The molecule has 0 saturated heterocycles. The zero-order valence-corrected chi connectivity index (χ0v) is 34.4. The van der Waals surface area contributed by atoms with E-state index >= 15 is 0 Å². The Labute approximate surface area is 349 Å². The number of amides is 6. The molecule has 322 valence electrons. The average molecular weight is 828 g/mol. The molecule has 0 aliphatic rings. The summed E-state index contributed by atoms with van der Waals surface area (Å²) in [5.74, 6) is -3.80. The van der Waals surface area contributed by atoms with Crippen molar-refractivity contribution in [2.75, 3.05) is 18.4 Å². The van der Waals surface area contributed by atoms with Crippen LogP contribution in [0.3, 0.4) is 0 Å². The second-order valence-corrected chi connectivity index (χ2v) is 15.5. The number of benzene rings is 3. The number of aliphatic carboxylic acids is 1. The first kappa shape index (κ1) is 46.2. The van der Waals surface area contributed by atoms with Crippen LogP contribution >= 0.6 is 0 Å². The lowest BCUT2D eigenvalue weighted by molar-refractivity contribution is -0.141. The maximum atomic E-state index is 13.9. The first-order valence-corrected chi connectivity index (χ1v) is 19.9. The van der Waals surface area contributed by atoms with Crippen LogP contribution in [0.2, 0.25) is 0 Å². The lowest BCUT2D eigenvalue weighted by Gasteiger charge is -2.26. The molecule has 4 rings (SSSR count). The second-order valence-electron chi connectivity index (χ2n) is 15.5. The number of urea groups is 1. The van der Waals surface area contributed by atoms with Crippen molar-refractivity contribution in [2.24, 2.45) is 5.73 Å². The Kier molecular flexibility index (Phi) is 17.4. The predicted molar refractivity (Wildman–Crippen MR) is 228 cm³/mol. The number of unbranched alkanes of at least 4 members (excludes halogenated alkanes) is 1. The zero-order valence-electron chi connectivity index (χ0n) is 34.4. The molecule has 17 heteroatoms. The van der Waals surface area contributed by atoms with Crippen molar-refractivity contribution in [3.63, 3.8) is 0 Å². The van der Waals surface area contributed by atoms with Crippen molar-refractivity contribution >= 4 is 52.4 Å². The summed E-state index contributed by atoms with van der Waals surface area (Å²) in [6, 6.07) is 19.2. The second kappa shape index (κ2) is 22.6. The molecule has 17 nitrogen and oxygen atoms in total. The number of carbonyl (C=O) groups excluding carboxylic acids is 5. The molecule has 1 heterocycles. The quantitative estimate of drug-likeness (QED) is 0.0407. The molecule has 0 aliphatic heterocycles. The summed E-state index contributed by atoms with van der Waals surface area (Å²) in [5.41, 5.74) is 15.1. The number of ether oxygens (including phenoxy) is 1. The van der Waals surface area contributed by atoms with Gasteiger partial charge in [0.1, 0.15) is 17.7 Å². The predicted octanol–water partition coefficient (Wildman–Crippen LogP) is 3.54. The minimum absolute atomic E-state index is 0.0534. The number of nitrogens with one attached hydrogen (secondary N) is 8. The molecule has 0 radical (unpaired) electrons. The molecule has 60 heavy (non-hydrogen) atoms. The van der Waals surface area contributed by atoms with E-state index in [1.165, 1.54) is 0 Å². The Morgan fingerprint density at radius 2 is 1.47 bits per heavy atom. The lowest BCUT2D eigenvalue weighted by atomic mass is 10.0. The maximum absolute atomic E-state index is 13.9. The largest absolute Gasteiger partial charge is 0.481 e. The molecule has 0 spiro atoms. The van der Waals surface area contributed by atoms with Gasteiger partial charge in [0.2, 0.25) is 17.7 Å². The minimum Gasteiger partial charge on any atom is -0.481 e. The fraction of sp³-hybridized carbons (Fsp3) is 0.395. The van der Waals surface area contributed by atoms with Gasteiger partial charge in [-0.05, 0) is 82.2 Å². The number of nitrogens with two attached hydrogens (primary N) is 1. The van der Waals surface area contributed by atoms with Crippen LogP contribution < -0.4 is 43.2 Å². The van der Waals surface area contributed by atoms with Crippen LogP contribution in [0.1, 0.15) is 63.1 Å². The number of aromatic amines is 1. The molecular formula is C43H57N9O8. The molecule has 0 fully saturated rings. The van der Waals surface area contributed by atoms with Crippen LogP contribution in [0.15, 0.2) is 85.1 Å². The Morgan fingerprint density at radius 1 is 0.800 bits per heavy atom. The number of H-pyrrole nitrogens is 1. The highest BCUT2D eigenvalue weighted by Crippen LogP contribution is 2.19. The normalized spacial score (nSPS) is 13.3. The van der Waals surface area contributed by atoms with Crippen molar-refractivity contribution < 1.29 is 38.6 Å². The molecule has 11 N–H and O–H groups in total. The number of hydrazine groups is 1. The number of aryl methyl sites for hydroxylation is 1. The number of carboxylic acid groups (broad SMARTS) is 1. The number of fused-ring (bicyclic) bond motifs is 1. The van der Waals surface area contributed by atoms with E-state index in [1.54, 1.807) is 57.2 Å². The van der Waals surface area contributed by atoms with E-state index in [2.05, 4.69) is 42.4 Å². The number of carboxylic acids is 1. The smallest absolute Gasteiger partial charge is 0.407 e. The third-order valence-corrected chi connectivity index (χ3v) is 9.36. The monoisotopic (exact) mass is 827 g/mol. The number of carbonyl (C=O) groups is 6. The van der Waals surface area contributed by atoms with Crippen molar-refractivity contribution in [2.45, 2.75) is 96.0 Å². The third kappa shape index (κ3) is 15.7. The first-order chi connectivity index (χ1) is 28.6. The SMILES string of the molecule is Cc1ccccc1NC(=O)NCCCC[C@H](NNC[C@H](Cc1c[nH]c2ccccc12)NC(=O)OC(C)(C)C)C(=O)N[C@@H](CC(=O)O)C(=O)N[C@@H](Cc1ccccc1)C(N)=O. The number of anilines is 1. The fourth-order valence-electron chi connectivity index (χ4n) is 6.34.